The molecule has 0 aliphatic carbocycles. The van der Waals surface area contributed by atoms with Crippen LogP contribution in [0, 0.1) is 6.92 Å². The lowest BCUT2D eigenvalue weighted by Gasteiger charge is -2.24. The molecular weight excluding hydrogens is 442 g/mol. The predicted molar refractivity (Wildman–Crippen MR) is 135 cm³/mol. The fourth-order valence-electron chi connectivity index (χ4n) is 4.08. The molecule has 0 radical (unpaired) electrons. The summed E-state index contributed by atoms with van der Waals surface area (Å²) >= 11 is 0. The van der Waals surface area contributed by atoms with Gasteiger partial charge in [-0.25, -0.2) is 4.68 Å². The van der Waals surface area contributed by atoms with Gasteiger partial charge in [-0.1, -0.05) is 42.5 Å². The average Bonchev–Trinajstić information content (AvgIpc) is 3.47. The monoisotopic (exact) mass is 475 g/mol. The zero-order chi connectivity index (χ0) is 24.6. The number of rotatable bonds is 12. The van der Waals surface area contributed by atoms with Crippen molar-refractivity contribution in [3.8, 4) is 22.9 Å². The largest absolute Gasteiger partial charge is 0.468 e. The number of aliphatic hydroxyl groups is 1. The molecular formula is C28H33N3O4. The lowest BCUT2D eigenvalue weighted by atomic mass is 10.1. The molecule has 4 aromatic rings. The van der Waals surface area contributed by atoms with Gasteiger partial charge in [-0.3, -0.25) is 4.90 Å². The van der Waals surface area contributed by atoms with Crippen molar-refractivity contribution in [2.75, 3.05) is 19.8 Å². The van der Waals surface area contributed by atoms with Crippen LogP contribution < -0.4 is 4.74 Å². The molecule has 0 unspecified atom stereocenters. The fourth-order valence-corrected chi connectivity index (χ4v) is 4.08. The van der Waals surface area contributed by atoms with Gasteiger partial charge < -0.3 is 19.0 Å². The molecule has 0 saturated heterocycles. The van der Waals surface area contributed by atoms with Crippen LogP contribution in [0.1, 0.15) is 23.8 Å². The number of ether oxygens (including phenoxy) is 2. The topological polar surface area (TPSA) is 72.9 Å². The van der Waals surface area contributed by atoms with Gasteiger partial charge >= 0.3 is 0 Å². The van der Waals surface area contributed by atoms with Crippen LogP contribution in [-0.2, 0) is 24.9 Å². The summed E-state index contributed by atoms with van der Waals surface area (Å²) in [4.78, 5) is 2.13. The highest BCUT2D eigenvalue weighted by Crippen LogP contribution is 2.34. The smallest absolute Gasteiger partial charge is 0.222 e. The summed E-state index contributed by atoms with van der Waals surface area (Å²) < 4.78 is 19.2. The van der Waals surface area contributed by atoms with Gasteiger partial charge in [0.1, 0.15) is 17.2 Å². The van der Waals surface area contributed by atoms with E-state index in [0.717, 1.165) is 33.9 Å². The first-order valence-corrected chi connectivity index (χ1v) is 11.9. The first-order valence-electron chi connectivity index (χ1n) is 11.9. The van der Waals surface area contributed by atoms with Gasteiger partial charge in [-0.05, 0) is 43.7 Å². The van der Waals surface area contributed by atoms with E-state index in [-0.39, 0.29) is 6.61 Å². The number of aromatic nitrogens is 2. The molecule has 0 fully saturated rings. The standard InChI is InChI=1S/C28H33N3O4/c1-4-33-20-23(32)17-31(18-25-14-9-15-34-25)19-26-27(22-11-6-5-7-12-22)29-30(3)28(26)35-24-13-8-10-21(2)16-24/h5-16,23,32H,4,17-20H2,1-3H3/t23-/m1/s1. The van der Waals surface area contributed by atoms with E-state index in [1.165, 1.54) is 0 Å². The number of hydrogen-bond donors (Lipinski definition) is 1. The second-order valence-corrected chi connectivity index (χ2v) is 8.60. The third-order valence-electron chi connectivity index (χ3n) is 5.66. The maximum Gasteiger partial charge on any atom is 0.222 e. The van der Waals surface area contributed by atoms with Crippen LogP contribution in [0.5, 0.6) is 11.6 Å². The van der Waals surface area contributed by atoms with Gasteiger partial charge in [0.15, 0.2) is 0 Å². The van der Waals surface area contributed by atoms with Crippen molar-refractivity contribution < 1.29 is 19.0 Å². The molecule has 0 spiro atoms. The number of aryl methyl sites for hydroxylation is 2. The SMILES string of the molecule is CCOC[C@H](O)CN(Cc1ccco1)Cc1c(-c2ccccc2)nn(C)c1Oc1cccc(C)c1. The molecule has 0 aliphatic rings. The summed E-state index contributed by atoms with van der Waals surface area (Å²) in [6, 6.07) is 21.9. The highest BCUT2D eigenvalue weighted by molar-refractivity contribution is 5.65. The zero-order valence-electron chi connectivity index (χ0n) is 20.6. The van der Waals surface area contributed by atoms with Gasteiger partial charge in [0.05, 0.1) is 31.1 Å². The van der Waals surface area contributed by atoms with Crippen molar-refractivity contribution in [2.24, 2.45) is 7.05 Å². The minimum atomic E-state index is -0.636. The highest BCUT2D eigenvalue weighted by atomic mass is 16.5. The lowest BCUT2D eigenvalue weighted by Crippen LogP contribution is -2.34. The average molecular weight is 476 g/mol. The predicted octanol–water partition coefficient (Wildman–Crippen LogP) is 5.18. The second kappa shape index (κ2) is 11.8. The van der Waals surface area contributed by atoms with Gasteiger partial charge in [0.25, 0.3) is 0 Å². The molecule has 4 rings (SSSR count). The number of benzene rings is 2. The molecule has 0 aliphatic heterocycles. The van der Waals surface area contributed by atoms with Gasteiger partial charge in [0.2, 0.25) is 5.88 Å². The highest BCUT2D eigenvalue weighted by Gasteiger charge is 2.24. The Hall–Kier alpha value is -3.39. The number of hydrogen-bond acceptors (Lipinski definition) is 6. The second-order valence-electron chi connectivity index (χ2n) is 8.60. The Morgan fingerprint density at radius 3 is 2.60 bits per heavy atom. The van der Waals surface area contributed by atoms with E-state index in [2.05, 4.69) is 4.90 Å². The third kappa shape index (κ3) is 6.60. The van der Waals surface area contributed by atoms with E-state index in [4.69, 9.17) is 19.0 Å². The van der Waals surface area contributed by atoms with Crippen molar-refractivity contribution >= 4 is 0 Å². The van der Waals surface area contributed by atoms with E-state index in [0.29, 0.717) is 32.1 Å². The molecule has 0 bridgehead atoms. The van der Waals surface area contributed by atoms with Crippen LogP contribution in [0.15, 0.2) is 77.4 Å². The van der Waals surface area contributed by atoms with E-state index in [9.17, 15) is 5.11 Å². The Morgan fingerprint density at radius 1 is 1.06 bits per heavy atom. The summed E-state index contributed by atoms with van der Waals surface area (Å²) in [5.74, 6) is 2.24. The molecule has 2 aromatic heterocycles. The van der Waals surface area contributed by atoms with Crippen molar-refractivity contribution in [3.05, 3.63) is 89.9 Å². The Labute approximate surface area is 206 Å². The fraction of sp³-hybridized carbons (Fsp3) is 0.321. The molecule has 7 heteroatoms. The molecule has 0 amide bonds. The van der Waals surface area contributed by atoms with Crippen LogP contribution >= 0.6 is 0 Å². The number of nitrogens with zero attached hydrogens (tertiary/aromatic N) is 3. The minimum absolute atomic E-state index is 0.274. The lowest BCUT2D eigenvalue weighted by molar-refractivity contribution is 0.0167. The van der Waals surface area contributed by atoms with Crippen molar-refractivity contribution in [2.45, 2.75) is 33.0 Å². The van der Waals surface area contributed by atoms with Crippen molar-refractivity contribution in [3.63, 3.8) is 0 Å². The summed E-state index contributed by atoms with van der Waals surface area (Å²) in [5.41, 5.74) is 3.91. The Kier molecular flexibility index (Phi) is 8.36. The maximum absolute atomic E-state index is 10.6. The molecule has 1 atom stereocenters. The minimum Gasteiger partial charge on any atom is -0.468 e. The van der Waals surface area contributed by atoms with Crippen molar-refractivity contribution in [1.29, 1.82) is 0 Å². The normalized spacial score (nSPS) is 12.3. The van der Waals surface area contributed by atoms with Crippen molar-refractivity contribution in [1.82, 2.24) is 14.7 Å². The van der Waals surface area contributed by atoms with E-state index in [1.54, 1.807) is 10.9 Å². The molecule has 7 nitrogen and oxygen atoms in total. The van der Waals surface area contributed by atoms with Gasteiger partial charge in [0, 0.05) is 32.3 Å². The number of furan rings is 1. The van der Waals surface area contributed by atoms with Crippen LogP contribution in [0.4, 0.5) is 0 Å². The van der Waals surface area contributed by atoms with Crippen LogP contribution in [-0.4, -0.2) is 45.6 Å². The van der Waals surface area contributed by atoms with Gasteiger partial charge in [-0.2, -0.15) is 5.10 Å². The Bertz CT molecular complexity index is 1190. The quantitative estimate of drug-likeness (QED) is 0.304. The van der Waals surface area contributed by atoms with Gasteiger partial charge in [-0.15, -0.1) is 0 Å². The maximum atomic E-state index is 10.6. The summed E-state index contributed by atoms with van der Waals surface area (Å²) in [5, 5.41) is 15.5. The summed E-state index contributed by atoms with van der Waals surface area (Å²) in [6.07, 6.45) is 1.03. The zero-order valence-corrected chi connectivity index (χ0v) is 20.6. The summed E-state index contributed by atoms with van der Waals surface area (Å²) in [6.45, 7) is 6.24. The molecule has 184 valence electrons. The van der Waals surface area contributed by atoms with E-state index in [1.807, 2.05) is 87.6 Å². The first kappa shape index (κ1) is 24.7. The molecule has 2 heterocycles. The Balaban J connectivity index is 1.70. The van der Waals surface area contributed by atoms with E-state index >= 15 is 0 Å². The summed E-state index contributed by atoms with van der Waals surface area (Å²) in [7, 11) is 1.89. The molecule has 35 heavy (non-hydrogen) atoms. The van der Waals surface area contributed by atoms with E-state index < -0.39 is 6.10 Å². The molecule has 2 aromatic carbocycles. The third-order valence-corrected chi connectivity index (χ3v) is 5.66. The van der Waals surface area contributed by atoms with Crippen LogP contribution in [0.2, 0.25) is 0 Å². The molecule has 1 N–H and O–H groups in total. The molecule has 0 saturated carbocycles. The Morgan fingerprint density at radius 2 is 1.89 bits per heavy atom. The first-order chi connectivity index (χ1) is 17.0. The van der Waals surface area contributed by atoms with Crippen LogP contribution in [0.3, 0.4) is 0 Å². The van der Waals surface area contributed by atoms with Crippen LogP contribution in [0.25, 0.3) is 11.3 Å². The number of aliphatic hydroxyl groups excluding tert-OH is 1.